The van der Waals surface area contributed by atoms with E-state index < -0.39 is 20.0 Å². The van der Waals surface area contributed by atoms with E-state index in [1.54, 1.807) is 6.08 Å². The van der Waals surface area contributed by atoms with Gasteiger partial charge in [0.25, 0.3) is 0 Å². The number of amides is 1. The minimum Gasteiger partial charge on any atom is -0.387 e. The van der Waals surface area contributed by atoms with Gasteiger partial charge in [0, 0.05) is 6.42 Å². The van der Waals surface area contributed by atoms with Crippen molar-refractivity contribution in [3.8, 4) is 0 Å². The molecule has 9 heteroatoms. The highest BCUT2D eigenvalue weighted by atomic mass is 31.2. The summed E-state index contributed by atoms with van der Waals surface area (Å²) < 4.78 is 23.4. The Morgan fingerprint density at radius 1 is 0.702 bits per heavy atom. The fourth-order valence-electron chi connectivity index (χ4n) is 5.27. The summed E-state index contributed by atoms with van der Waals surface area (Å²) >= 11 is 0. The monoisotopic (exact) mass is 688 g/mol. The largest absolute Gasteiger partial charge is 0.472 e. The Hall–Kier alpha value is -1.02. The van der Waals surface area contributed by atoms with E-state index in [1.807, 2.05) is 27.2 Å². The topological polar surface area (TPSA) is 105 Å². The maximum atomic E-state index is 12.8. The Balaban J connectivity index is 4.50. The number of phosphoric ester groups is 1. The number of phosphoric acid groups is 1. The van der Waals surface area contributed by atoms with E-state index in [2.05, 4.69) is 31.3 Å². The third-order valence-electron chi connectivity index (χ3n) is 8.42. The number of hydrogen-bond acceptors (Lipinski definition) is 5. The predicted molar refractivity (Wildman–Crippen MR) is 198 cm³/mol. The summed E-state index contributed by atoms with van der Waals surface area (Å²) in [5, 5.41) is 13.7. The SMILES string of the molecule is CCCCCC/C=C\CCCCCCCCCC(=O)NC(COP(=O)(O)OCC[N+](C)(C)C)C(O)/C=C/CCCCCCCCCC. The van der Waals surface area contributed by atoms with Crippen molar-refractivity contribution >= 4 is 13.7 Å². The zero-order chi connectivity index (χ0) is 35.1. The molecule has 0 rings (SSSR count). The second kappa shape index (κ2) is 31.0. The molecule has 3 N–H and O–H groups in total. The summed E-state index contributed by atoms with van der Waals surface area (Å²) in [5.41, 5.74) is 0. The molecule has 0 saturated carbocycles. The third-order valence-corrected chi connectivity index (χ3v) is 9.40. The molecule has 47 heavy (non-hydrogen) atoms. The first-order valence-corrected chi connectivity index (χ1v) is 20.7. The van der Waals surface area contributed by atoms with Gasteiger partial charge in [-0.3, -0.25) is 13.8 Å². The van der Waals surface area contributed by atoms with Crippen LogP contribution in [-0.2, 0) is 18.4 Å². The van der Waals surface area contributed by atoms with Gasteiger partial charge in [0.05, 0.1) is 39.9 Å². The third kappa shape index (κ3) is 33.3. The number of nitrogens with zero attached hydrogens (tertiary/aromatic N) is 1. The molecule has 278 valence electrons. The van der Waals surface area contributed by atoms with Crippen molar-refractivity contribution in [3.63, 3.8) is 0 Å². The molecule has 0 fully saturated rings. The van der Waals surface area contributed by atoms with Crippen molar-refractivity contribution in [2.75, 3.05) is 40.9 Å². The lowest BCUT2D eigenvalue weighted by Gasteiger charge is -2.25. The molecule has 0 aromatic heterocycles. The van der Waals surface area contributed by atoms with Gasteiger partial charge in [-0.1, -0.05) is 134 Å². The molecular weight excluding hydrogens is 611 g/mol. The minimum atomic E-state index is -4.32. The van der Waals surface area contributed by atoms with Gasteiger partial charge in [-0.25, -0.2) is 4.57 Å². The molecule has 0 spiro atoms. The summed E-state index contributed by atoms with van der Waals surface area (Å²) in [6.45, 7) is 4.76. The first kappa shape index (κ1) is 46.0. The molecule has 8 nitrogen and oxygen atoms in total. The number of allylic oxidation sites excluding steroid dienone is 3. The van der Waals surface area contributed by atoms with Gasteiger partial charge in [0.2, 0.25) is 5.91 Å². The number of rotatable bonds is 34. The number of nitrogens with one attached hydrogen (secondary N) is 1. The highest BCUT2D eigenvalue weighted by molar-refractivity contribution is 7.47. The quantitative estimate of drug-likeness (QED) is 0.0269. The lowest BCUT2D eigenvalue weighted by Crippen LogP contribution is -2.45. The van der Waals surface area contributed by atoms with Crippen LogP contribution in [-0.4, -0.2) is 73.4 Å². The molecule has 0 aromatic carbocycles. The summed E-state index contributed by atoms with van der Waals surface area (Å²) in [6, 6.07) is -0.842. The second-order valence-corrected chi connectivity index (χ2v) is 15.8. The first-order valence-electron chi connectivity index (χ1n) is 19.2. The fraction of sp³-hybridized carbons (Fsp3) is 0.868. The lowest BCUT2D eigenvalue weighted by molar-refractivity contribution is -0.870. The number of likely N-dealkylation sites (N-methyl/N-ethyl adjacent to an activating group) is 1. The average Bonchev–Trinajstić information content (AvgIpc) is 3.01. The van der Waals surface area contributed by atoms with Crippen LogP contribution in [0.25, 0.3) is 0 Å². The van der Waals surface area contributed by atoms with E-state index in [1.165, 1.54) is 103 Å². The highest BCUT2D eigenvalue weighted by Gasteiger charge is 2.27. The number of aliphatic hydroxyl groups is 1. The zero-order valence-electron chi connectivity index (χ0n) is 31.3. The Morgan fingerprint density at radius 3 is 1.66 bits per heavy atom. The van der Waals surface area contributed by atoms with Gasteiger partial charge < -0.3 is 19.8 Å². The van der Waals surface area contributed by atoms with E-state index in [4.69, 9.17) is 9.05 Å². The maximum Gasteiger partial charge on any atom is 0.472 e. The molecular formula is C38H76N2O6P+. The van der Waals surface area contributed by atoms with Crippen molar-refractivity contribution in [3.05, 3.63) is 24.3 Å². The van der Waals surface area contributed by atoms with Crippen LogP contribution in [0.3, 0.4) is 0 Å². The molecule has 3 unspecified atom stereocenters. The van der Waals surface area contributed by atoms with Crippen LogP contribution in [0, 0.1) is 0 Å². The van der Waals surface area contributed by atoms with Gasteiger partial charge in [-0.2, -0.15) is 0 Å². The molecule has 0 radical (unpaired) electrons. The van der Waals surface area contributed by atoms with E-state index in [0.717, 1.165) is 38.5 Å². The number of carbonyl (C=O) groups is 1. The molecule has 1 amide bonds. The molecule has 0 bridgehead atoms. The number of aliphatic hydroxyl groups excluding tert-OH is 1. The van der Waals surface area contributed by atoms with Crippen molar-refractivity contribution < 1.29 is 32.9 Å². The Morgan fingerprint density at radius 2 is 1.15 bits per heavy atom. The van der Waals surface area contributed by atoms with Crippen molar-refractivity contribution in [2.24, 2.45) is 0 Å². The number of quaternary nitrogens is 1. The smallest absolute Gasteiger partial charge is 0.387 e. The second-order valence-electron chi connectivity index (χ2n) is 14.3. The fourth-order valence-corrected chi connectivity index (χ4v) is 6.00. The van der Waals surface area contributed by atoms with E-state index >= 15 is 0 Å². The van der Waals surface area contributed by atoms with Gasteiger partial charge in [0.15, 0.2) is 0 Å². The van der Waals surface area contributed by atoms with Crippen molar-refractivity contribution in [2.45, 2.75) is 174 Å². The Labute approximate surface area is 290 Å². The van der Waals surface area contributed by atoms with Gasteiger partial charge >= 0.3 is 7.82 Å². The predicted octanol–water partition coefficient (Wildman–Crippen LogP) is 9.80. The summed E-state index contributed by atoms with van der Waals surface area (Å²) in [7, 11) is 1.57. The normalized spacial score (nSPS) is 15.0. The van der Waals surface area contributed by atoms with Crippen LogP contribution in [0.1, 0.15) is 162 Å². The standard InChI is InChI=1S/C38H75N2O6P/c1-6-8-10-12-14-16-18-19-20-21-22-24-26-28-30-32-38(42)39-36(35-46-47(43,44)45-34-33-40(3,4)5)37(41)31-29-27-25-23-17-15-13-11-9-7-2/h16,18,29,31,36-37,41H,6-15,17,19-28,30,32-35H2,1-5H3,(H-,39,42,43,44)/p+1/b18-16-,31-29+. The Kier molecular flexibility index (Phi) is 30.3. The zero-order valence-corrected chi connectivity index (χ0v) is 32.2. The molecule has 0 saturated heterocycles. The summed E-state index contributed by atoms with van der Waals surface area (Å²) in [6.07, 6.45) is 33.8. The van der Waals surface area contributed by atoms with Crippen LogP contribution in [0.4, 0.5) is 0 Å². The molecule has 0 heterocycles. The van der Waals surface area contributed by atoms with Crippen LogP contribution in [0.5, 0.6) is 0 Å². The van der Waals surface area contributed by atoms with E-state index in [9.17, 15) is 19.4 Å². The highest BCUT2D eigenvalue weighted by Crippen LogP contribution is 2.43. The maximum absolute atomic E-state index is 12.8. The van der Waals surface area contributed by atoms with Gasteiger partial charge in [-0.05, 0) is 44.9 Å². The van der Waals surface area contributed by atoms with Crippen molar-refractivity contribution in [1.29, 1.82) is 0 Å². The molecule has 0 aliphatic carbocycles. The molecule has 0 aliphatic rings. The van der Waals surface area contributed by atoms with Crippen LogP contribution in [0.15, 0.2) is 24.3 Å². The van der Waals surface area contributed by atoms with Crippen LogP contribution < -0.4 is 5.32 Å². The first-order chi connectivity index (χ1) is 22.5. The summed E-state index contributed by atoms with van der Waals surface area (Å²) in [5.74, 6) is -0.186. The molecule has 0 aromatic rings. The number of unbranched alkanes of at least 4 members (excludes halogenated alkanes) is 19. The van der Waals surface area contributed by atoms with E-state index in [-0.39, 0.29) is 19.1 Å². The van der Waals surface area contributed by atoms with Crippen LogP contribution in [0.2, 0.25) is 0 Å². The Bertz CT molecular complexity index is 829. The lowest BCUT2D eigenvalue weighted by atomic mass is 10.1. The summed E-state index contributed by atoms with van der Waals surface area (Å²) in [4.78, 5) is 22.9. The van der Waals surface area contributed by atoms with Crippen molar-refractivity contribution in [1.82, 2.24) is 5.32 Å². The minimum absolute atomic E-state index is 0.0611. The number of hydrogen-bond donors (Lipinski definition) is 3. The number of carbonyl (C=O) groups excluding carboxylic acids is 1. The van der Waals surface area contributed by atoms with Crippen LogP contribution >= 0.6 is 7.82 Å². The van der Waals surface area contributed by atoms with E-state index in [0.29, 0.717) is 17.4 Å². The van der Waals surface area contributed by atoms with Gasteiger partial charge in [-0.15, -0.1) is 0 Å². The van der Waals surface area contributed by atoms with Gasteiger partial charge in [0.1, 0.15) is 13.2 Å². The molecule has 0 aliphatic heterocycles. The molecule has 3 atom stereocenters. The average molecular weight is 688 g/mol.